The Hall–Kier alpha value is -2.86. The molecule has 1 aromatic heterocycles. The van der Waals surface area contributed by atoms with E-state index in [0.717, 1.165) is 49.9 Å². The Morgan fingerprint density at radius 3 is 2.79 bits per heavy atom. The van der Waals surface area contributed by atoms with Gasteiger partial charge in [0.2, 0.25) is 5.88 Å². The van der Waals surface area contributed by atoms with Crippen molar-refractivity contribution in [2.75, 3.05) is 26.7 Å². The highest BCUT2D eigenvalue weighted by atomic mass is 16.5. The summed E-state index contributed by atoms with van der Waals surface area (Å²) in [4.78, 5) is 17.7. The molecule has 3 heterocycles. The maximum absolute atomic E-state index is 13.1. The van der Waals surface area contributed by atoms with Crippen LogP contribution in [0.15, 0.2) is 42.5 Å². The molecular formula is C23H26N4O2. The first kappa shape index (κ1) is 18.2. The molecule has 0 saturated carbocycles. The van der Waals surface area contributed by atoms with Crippen LogP contribution in [0.3, 0.4) is 0 Å². The normalized spacial score (nSPS) is 19.5. The molecular weight excluding hydrogens is 364 g/mol. The first-order valence-electron chi connectivity index (χ1n) is 10.2. The minimum atomic E-state index is 0.0939. The fourth-order valence-electron chi connectivity index (χ4n) is 4.79. The quantitative estimate of drug-likeness (QED) is 0.690. The predicted octanol–water partition coefficient (Wildman–Crippen LogP) is 2.85. The Kier molecular flexibility index (Phi) is 4.51. The van der Waals surface area contributed by atoms with Crippen molar-refractivity contribution < 1.29 is 9.53 Å². The van der Waals surface area contributed by atoms with Crippen LogP contribution in [0.25, 0.3) is 10.9 Å². The molecule has 1 atom stereocenters. The Morgan fingerprint density at radius 2 is 1.97 bits per heavy atom. The van der Waals surface area contributed by atoms with Crippen LogP contribution in [-0.2, 0) is 20.0 Å². The lowest BCUT2D eigenvalue weighted by molar-refractivity contribution is 0.0773. The van der Waals surface area contributed by atoms with Gasteiger partial charge in [-0.15, -0.1) is 0 Å². The molecule has 6 nitrogen and oxygen atoms in total. The van der Waals surface area contributed by atoms with Gasteiger partial charge < -0.3 is 9.64 Å². The zero-order valence-corrected chi connectivity index (χ0v) is 17.0. The van der Waals surface area contributed by atoms with Gasteiger partial charge in [-0.05, 0) is 42.2 Å². The molecule has 150 valence electrons. The molecule has 2 aromatic carbocycles. The number of aryl methyl sites for hydroxylation is 1. The fourth-order valence-corrected chi connectivity index (χ4v) is 4.79. The molecule has 0 N–H and O–H groups in total. The standard InChI is InChI=1S/C23H26N4O2/c1-25-23(29-2)20-8-7-17(13-21(20)24-25)22(28)27-12-10-19(15-27)26-11-9-16-5-3-4-6-18(16)14-26/h3-8,13,19H,9-12,14-15H2,1-2H3. The molecule has 1 unspecified atom stereocenters. The zero-order chi connectivity index (χ0) is 20.0. The molecule has 1 amide bonds. The summed E-state index contributed by atoms with van der Waals surface area (Å²) >= 11 is 0. The number of hydrogen-bond donors (Lipinski definition) is 0. The number of benzene rings is 2. The second-order valence-corrected chi connectivity index (χ2v) is 8.05. The second kappa shape index (κ2) is 7.19. The number of likely N-dealkylation sites (tertiary alicyclic amines) is 1. The van der Waals surface area contributed by atoms with Crippen molar-refractivity contribution in [1.82, 2.24) is 19.6 Å². The van der Waals surface area contributed by atoms with Gasteiger partial charge in [-0.3, -0.25) is 9.69 Å². The Bertz CT molecular complexity index is 1070. The highest BCUT2D eigenvalue weighted by Crippen LogP contribution is 2.28. The van der Waals surface area contributed by atoms with Crippen molar-refractivity contribution >= 4 is 16.8 Å². The van der Waals surface area contributed by atoms with Crippen molar-refractivity contribution in [3.05, 3.63) is 59.2 Å². The van der Waals surface area contributed by atoms with Gasteiger partial charge >= 0.3 is 0 Å². The maximum atomic E-state index is 13.1. The van der Waals surface area contributed by atoms with Crippen LogP contribution >= 0.6 is 0 Å². The van der Waals surface area contributed by atoms with Gasteiger partial charge in [-0.1, -0.05) is 24.3 Å². The number of amides is 1. The third-order valence-corrected chi connectivity index (χ3v) is 6.35. The summed E-state index contributed by atoms with van der Waals surface area (Å²) in [5.74, 6) is 0.807. The van der Waals surface area contributed by atoms with Crippen LogP contribution in [-0.4, -0.2) is 58.3 Å². The SMILES string of the molecule is COc1c2ccc(C(=O)N3CCC(N4CCc5ccccc5C4)C3)cc2nn1C. The lowest BCUT2D eigenvalue weighted by Gasteiger charge is -2.33. The van der Waals surface area contributed by atoms with Gasteiger partial charge in [0.15, 0.2) is 0 Å². The van der Waals surface area contributed by atoms with Gasteiger partial charge in [-0.25, -0.2) is 4.68 Å². The summed E-state index contributed by atoms with van der Waals surface area (Å²) in [6, 6.07) is 14.8. The smallest absolute Gasteiger partial charge is 0.253 e. The monoisotopic (exact) mass is 390 g/mol. The minimum Gasteiger partial charge on any atom is -0.481 e. The summed E-state index contributed by atoms with van der Waals surface area (Å²) in [5.41, 5.74) is 4.38. The van der Waals surface area contributed by atoms with E-state index in [-0.39, 0.29) is 5.91 Å². The maximum Gasteiger partial charge on any atom is 0.253 e. The Balaban J connectivity index is 1.30. The van der Waals surface area contributed by atoms with Crippen LogP contribution in [0.4, 0.5) is 0 Å². The minimum absolute atomic E-state index is 0.0939. The molecule has 0 bridgehead atoms. The van der Waals surface area contributed by atoms with Crippen molar-refractivity contribution in [1.29, 1.82) is 0 Å². The molecule has 29 heavy (non-hydrogen) atoms. The van der Waals surface area contributed by atoms with Crippen LogP contribution in [0.2, 0.25) is 0 Å². The molecule has 1 saturated heterocycles. The Morgan fingerprint density at radius 1 is 1.14 bits per heavy atom. The average molecular weight is 390 g/mol. The van der Waals surface area contributed by atoms with Crippen LogP contribution in [0.5, 0.6) is 5.88 Å². The van der Waals surface area contributed by atoms with Crippen LogP contribution < -0.4 is 4.74 Å². The zero-order valence-electron chi connectivity index (χ0n) is 17.0. The van der Waals surface area contributed by atoms with E-state index in [9.17, 15) is 4.79 Å². The topological polar surface area (TPSA) is 50.6 Å². The number of carbonyl (C=O) groups is 1. The van der Waals surface area contributed by atoms with Gasteiger partial charge in [-0.2, -0.15) is 5.10 Å². The van der Waals surface area contributed by atoms with E-state index in [2.05, 4.69) is 34.3 Å². The number of carbonyl (C=O) groups excluding carboxylic acids is 1. The predicted molar refractivity (Wildman–Crippen MR) is 112 cm³/mol. The molecule has 0 spiro atoms. The van der Waals surface area contributed by atoms with E-state index in [0.29, 0.717) is 17.5 Å². The van der Waals surface area contributed by atoms with E-state index in [1.54, 1.807) is 11.8 Å². The molecule has 6 heteroatoms. The van der Waals surface area contributed by atoms with Crippen LogP contribution in [0, 0.1) is 0 Å². The van der Waals surface area contributed by atoms with Crippen LogP contribution in [0.1, 0.15) is 27.9 Å². The van der Waals surface area contributed by atoms with E-state index in [4.69, 9.17) is 4.74 Å². The van der Waals surface area contributed by atoms with E-state index in [1.165, 1.54) is 11.1 Å². The lowest BCUT2D eigenvalue weighted by atomic mass is 9.98. The van der Waals surface area contributed by atoms with Gasteiger partial charge in [0, 0.05) is 44.8 Å². The van der Waals surface area contributed by atoms with E-state index < -0.39 is 0 Å². The summed E-state index contributed by atoms with van der Waals surface area (Å²) < 4.78 is 7.11. The molecule has 0 aliphatic carbocycles. The van der Waals surface area contributed by atoms with Gasteiger partial charge in [0.25, 0.3) is 5.91 Å². The fraction of sp³-hybridized carbons (Fsp3) is 0.391. The second-order valence-electron chi connectivity index (χ2n) is 8.05. The summed E-state index contributed by atoms with van der Waals surface area (Å²) in [6.45, 7) is 3.67. The summed E-state index contributed by atoms with van der Waals surface area (Å²) in [6.07, 6.45) is 2.13. The molecule has 0 radical (unpaired) electrons. The molecule has 1 fully saturated rings. The molecule has 5 rings (SSSR count). The molecule has 3 aromatic rings. The van der Waals surface area contributed by atoms with Crippen molar-refractivity contribution in [2.24, 2.45) is 7.05 Å². The number of aromatic nitrogens is 2. The first-order chi connectivity index (χ1) is 14.1. The van der Waals surface area contributed by atoms with Crippen molar-refractivity contribution in [3.8, 4) is 5.88 Å². The number of hydrogen-bond acceptors (Lipinski definition) is 4. The summed E-state index contributed by atoms with van der Waals surface area (Å²) in [7, 11) is 3.49. The molecule has 2 aliphatic heterocycles. The number of methoxy groups -OCH3 is 1. The largest absolute Gasteiger partial charge is 0.481 e. The third kappa shape index (κ3) is 3.17. The third-order valence-electron chi connectivity index (χ3n) is 6.35. The number of fused-ring (bicyclic) bond motifs is 2. The van der Waals surface area contributed by atoms with Gasteiger partial charge in [0.05, 0.1) is 18.0 Å². The summed E-state index contributed by atoms with van der Waals surface area (Å²) in [5, 5.41) is 5.40. The van der Waals surface area contributed by atoms with Crippen molar-refractivity contribution in [2.45, 2.75) is 25.4 Å². The van der Waals surface area contributed by atoms with E-state index >= 15 is 0 Å². The Labute approximate surface area is 170 Å². The van der Waals surface area contributed by atoms with Gasteiger partial charge in [0.1, 0.15) is 0 Å². The number of ether oxygens (including phenoxy) is 1. The van der Waals surface area contributed by atoms with E-state index in [1.807, 2.05) is 30.1 Å². The highest BCUT2D eigenvalue weighted by molar-refractivity contribution is 5.98. The first-order valence-corrected chi connectivity index (χ1v) is 10.2. The average Bonchev–Trinajstić information content (AvgIpc) is 3.36. The number of nitrogens with zero attached hydrogens (tertiary/aromatic N) is 4. The number of rotatable bonds is 3. The molecule has 2 aliphatic rings. The highest BCUT2D eigenvalue weighted by Gasteiger charge is 2.32. The lowest BCUT2D eigenvalue weighted by Crippen LogP contribution is -2.41. The van der Waals surface area contributed by atoms with Crippen molar-refractivity contribution in [3.63, 3.8) is 0 Å².